The van der Waals surface area contributed by atoms with E-state index in [9.17, 15) is 14.4 Å². The number of carbonyl (C=O) groups excluding carboxylic acids is 3. The van der Waals surface area contributed by atoms with E-state index in [1.165, 1.54) is 0 Å². The van der Waals surface area contributed by atoms with Crippen LogP contribution in [0.2, 0.25) is 0 Å². The van der Waals surface area contributed by atoms with E-state index < -0.39 is 17.7 Å². The number of thiocarbonyl (C=S) groups is 1. The van der Waals surface area contributed by atoms with E-state index in [1.807, 2.05) is 0 Å². The van der Waals surface area contributed by atoms with Gasteiger partial charge in [0.2, 0.25) is 11.8 Å². The monoisotopic (exact) mass is 291 g/mol. The summed E-state index contributed by atoms with van der Waals surface area (Å²) < 4.78 is 0. The maximum Gasteiger partial charge on any atom is 0.238 e. The lowest BCUT2D eigenvalue weighted by atomic mass is 9.95. The van der Waals surface area contributed by atoms with Gasteiger partial charge < -0.3 is 16.4 Å². The number of hydrogen-bond acceptors (Lipinski definition) is 5. The van der Waals surface area contributed by atoms with Crippen LogP contribution >= 0.6 is 12.2 Å². The van der Waals surface area contributed by atoms with Gasteiger partial charge in [0.25, 0.3) is 0 Å². The van der Waals surface area contributed by atoms with Crippen LogP contribution in [0.5, 0.6) is 0 Å². The summed E-state index contributed by atoms with van der Waals surface area (Å²) >= 11 is 4.69. The Morgan fingerprint density at radius 1 is 1.20 bits per heavy atom. The molecule has 0 spiro atoms. The van der Waals surface area contributed by atoms with Crippen LogP contribution in [0.25, 0.3) is 0 Å². The summed E-state index contributed by atoms with van der Waals surface area (Å²) in [4.78, 5) is 35.3. The van der Waals surface area contributed by atoms with Crippen LogP contribution in [0.4, 0.5) is 5.69 Å². The molecule has 1 saturated heterocycles. The Bertz CT molecular complexity index is 580. The van der Waals surface area contributed by atoms with Crippen molar-refractivity contribution < 1.29 is 14.4 Å². The molecule has 0 unspecified atom stereocenters. The second kappa shape index (κ2) is 5.79. The normalized spacial score (nSPS) is 15.7. The Balaban J connectivity index is 2.00. The number of benzene rings is 1. The fraction of sp³-hybridized carbons (Fsp3) is 0.231. The minimum absolute atomic E-state index is 0.00474. The highest BCUT2D eigenvalue weighted by Gasteiger charge is 2.32. The summed E-state index contributed by atoms with van der Waals surface area (Å²) in [6.07, 6.45) is 0.180. The lowest BCUT2D eigenvalue weighted by molar-refractivity contribution is -0.135. The molecule has 0 aromatic heterocycles. The largest absolute Gasteiger partial charge is 0.398 e. The summed E-state index contributed by atoms with van der Waals surface area (Å²) in [5.74, 6) is -2.06. The van der Waals surface area contributed by atoms with E-state index >= 15 is 0 Å². The van der Waals surface area contributed by atoms with Gasteiger partial charge >= 0.3 is 0 Å². The van der Waals surface area contributed by atoms with Gasteiger partial charge in [-0.3, -0.25) is 14.4 Å². The second-order valence-electron chi connectivity index (χ2n) is 4.41. The molecule has 1 aromatic carbocycles. The minimum atomic E-state index is -0.907. The maximum atomic E-state index is 12.0. The fourth-order valence-electron chi connectivity index (χ4n) is 1.97. The molecule has 4 N–H and O–H groups in total. The standard InChI is InChI=1S/C13H13N3O3S/c14-9-4-2-1-3-7(9)10(17)6-5-8-11(18)15-13(20)16-12(8)19/h1-4,8H,5-6,14H2,(H2,15,16,18,19,20). The Morgan fingerprint density at radius 3 is 2.40 bits per heavy atom. The number of rotatable bonds is 4. The Kier molecular flexibility index (Phi) is 4.09. The lowest BCUT2D eigenvalue weighted by Crippen LogP contribution is -2.55. The summed E-state index contributed by atoms with van der Waals surface area (Å²) in [6.45, 7) is 0. The average Bonchev–Trinajstić information content (AvgIpc) is 2.37. The average molecular weight is 291 g/mol. The van der Waals surface area contributed by atoms with Crippen LogP contribution in [0.3, 0.4) is 0 Å². The number of ketones is 1. The van der Waals surface area contributed by atoms with Gasteiger partial charge in [-0.15, -0.1) is 0 Å². The van der Waals surface area contributed by atoms with Crippen molar-refractivity contribution in [3.05, 3.63) is 29.8 Å². The molecule has 2 rings (SSSR count). The number of hydrogen-bond donors (Lipinski definition) is 3. The predicted molar refractivity (Wildman–Crippen MR) is 76.8 cm³/mol. The molecule has 7 heteroatoms. The van der Waals surface area contributed by atoms with Crippen LogP contribution in [-0.4, -0.2) is 22.7 Å². The highest BCUT2D eigenvalue weighted by Crippen LogP contribution is 2.17. The summed E-state index contributed by atoms with van der Waals surface area (Å²) in [6, 6.07) is 6.69. The smallest absolute Gasteiger partial charge is 0.238 e. The molecule has 0 atom stereocenters. The number of para-hydroxylation sites is 1. The van der Waals surface area contributed by atoms with Crippen LogP contribution < -0.4 is 16.4 Å². The molecule has 6 nitrogen and oxygen atoms in total. The minimum Gasteiger partial charge on any atom is -0.398 e. The van der Waals surface area contributed by atoms with Gasteiger partial charge in [0, 0.05) is 17.7 Å². The van der Waals surface area contributed by atoms with Crippen LogP contribution in [0.1, 0.15) is 23.2 Å². The molecule has 1 aliphatic rings. The van der Waals surface area contributed by atoms with E-state index in [0.29, 0.717) is 11.3 Å². The molecule has 0 bridgehead atoms. The summed E-state index contributed by atoms with van der Waals surface area (Å²) in [5.41, 5.74) is 6.49. The first kappa shape index (κ1) is 14.1. The third kappa shape index (κ3) is 3.00. The molecule has 0 aliphatic carbocycles. The van der Waals surface area contributed by atoms with Gasteiger partial charge in [0.15, 0.2) is 10.9 Å². The van der Waals surface area contributed by atoms with Crippen LogP contribution in [0, 0.1) is 5.92 Å². The van der Waals surface area contributed by atoms with Crippen molar-refractivity contribution in [2.24, 2.45) is 5.92 Å². The number of nitrogens with one attached hydrogen (secondary N) is 2. The van der Waals surface area contributed by atoms with Crippen LogP contribution in [0.15, 0.2) is 24.3 Å². The zero-order valence-electron chi connectivity index (χ0n) is 10.5. The SMILES string of the molecule is Nc1ccccc1C(=O)CCC1C(=O)NC(=S)NC1=O. The van der Waals surface area contributed by atoms with Crippen molar-refractivity contribution in [2.75, 3.05) is 5.73 Å². The van der Waals surface area contributed by atoms with Crippen molar-refractivity contribution >= 4 is 40.6 Å². The van der Waals surface area contributed by atoms with Crippen LogP contribution in [-0.2, 0) is 9.59 Å². The highest BCUT2D eigenvalue weighted by molar-refractivity contribution is 7.80. The van der Waals surface area contributed by atoms with E-state index in [0.717, 1.165) is 0 Å². The van der Waals surface area contributed by atoms with Gasteiger partial charge in [0.1, 0.15) is 5.92 Å². The first-order valence-corrected chi connectivity index (χ1v) is 6.43. The van der Waals surface area contributed by atoms with E-state index in [-0.39, 0.29) is 23.7 Å². The number of nitrogen functional groups attached to an aromatic ring is 1. The molecule has 0 radical (unpaired) electrons. The summed E-state index contributed by atoms with van der Waals surface area (Å²) in [5, 5.41) is 4.71. The number of anilines is 1. The van der Waals surface area contributed by atoms with Gasteiger partial charge in [-0.2, -0.15) is 0 Å². The first-order valence-electron chi connectivity index (χ1n) is 6.02. The molecule has 2 amide bonds. The van der Waals surface area contributed by atoms with Crippen molar-refractivity contribution in [3.8, 4) is 0 Å². The number of carbonyl (C=O) groups is 3. The van der Waals surface area contributed by atoms with Crippen molar-refractivity contribution in [3.63, 3.8) is 0 Å². The predicted octanol–water partition coefficient (Wildman–Crippen LogP) is 0.379. The Hall–Kier alpha value is -2.28. The topological polar surface area (TPSA) is 101 Å². The molecule has 1 heterocycles. The molecule has 0 saturated carbocycles. The molecular formula is C13H13N3O3S. The first-order chi connectivity index (χ1) is 9.49. The number of nitrogens with two attached hydrogens (primary N) is 1. The van der Waals surface area contributed by atoms with E-state index in [4.69, 9.17) is 18.0 Å². The van der Waals surface area contributed by atoms with Gasteiger partial charge in [-0.05, 0) is 30.8 Å². The van der Waals surface area contributed by atoms with Gasteiger partial charge in [-0.1, -0.05) is 12.1 Å². The van der Waals surface area contributed by atoms with E-state index in [2.05, 4.69) is 10.6 Å². The van der Waals surface area contributed by atoms with Gasteiger partial charge in [-0.25, -0.2) is 0 Å². The number of amides is 2. The van der Waals surface area contributed by atoms with E-state index in [1.54, 1.807) is 24.3 Å². The molecule has 1 aliphatic heterocycles. The molecule has 1 aromatic rings. The fourth-order valence-corrected chi connectivity index (χ4v) is 2.17. The number of Topliss-reactive ketones (excluding diaryl/α,β-unsaturated/α-hetero) is 1. The molecule has 20 heavy (non-hydrogen) atoms. The van der Waals surface area contributed by atoms with Crippen molar-refractivity contribution in [1.82, 2.24) is 10.6 Å². The third-order valence-electron chi connectivity index (χ3n) is 3.03. The zero-order valence-corrected chi connectivity index (χ0v) is 11.3. The molecule has 104 valence electrons. The third-order valence-corrected chi connectivity index (χ3v) is 3.23. The maximum absolute atomic E-state index is 12.0. The molecule has 1 fully saturated rings. The quantitative estimate of drug-likeness (QED) is 0.322. The van der Waals surface area contributed by atoms with Gasteiger partial charge in [0.05, 0.1) is 0 Å². The summed E-state index contributed by atoms with van der Waals surface area (Å²) in [7, 11) is 0. The molecular weight excluding hydrogens is 278 g/mol. The van der Waals surface area contributed by atoms with Crippen molar-refractivity contribution in [1.29, 1.82) is 0 Å². The second-order valence-corrected chi connectivity index (χ2v) is 4.82. The highest BCUT2D eigenvalue weighted by atomic mass is 32.1. The van der Waals surface area contributed by atoms with Crippen molar-refractivity contribution in [2.45, 2.75) is 12.8 Å². The Labute approximate surface area is 120 Å². The lowest BCUT2D eigenvalue weighted by Gasteiger charge is -2.22. The Morgan fingerprint density at radius 2 is 1.80 bits per heavy atom. The zero-order chi connectivity index (χ0) is 14.7.